The number of carbonyl (C=O) groups excluding carboxylic acids is 2. The number of nitrogens with zero attached hydrogens (tertiary/aromatic N) is 3. The lowest BCUT2D eigenvalue weighted by molar-refractivity contribution is -0.130. The molecule has 1 aromatic heterocycles. The lowest BCUT2D eigenvalue weighted by Crippen LogP contribution is -2.35. The fourth-order valence-corrected chi connectivity index (χ4v) is 3.34. The van der Waals surface area contributed by atoms with Crippen LogP contribution in [0.5, 0.6) is 5.75 Å². The maximum absolute atomic E-state index is 13.0. The van der Waals surface area contributed by atoms with E-state index in [1.165, 1.54) is 43.1 Å². The molecule has 3 N–H and O–H groups in total. The van der Waals surface area contributed by atoms with Gasteiger partial charge in [0, 0.05) is 33.5 Å². The second kappa shape index (κ2) is 8.00. The maximum Gasteiger partial charge on any atom is 0.296 e. The van der Waals surface area contributed by atoms with Crippen LogP contribution < -0.4 is 10.9 Å². The molecule has 154 valence electrons. The van der Waals surface area contributed by atoms with Gasteiger partial charge in [-0.1, -0.05) is 12.1 Å². The van der Waals surface area contributed by atoms with Crippen molar-refractivity contribution >= 4 is 11.8 Å². The average molecular weight is 404 g/mol. The van der Waals surface area contributed by atoms with E-state index in [9.17, 15) is 29.0 Å². The minimum Gasteiger partial charge on any atom is -0.501 e. The van der Waals surface area contributed by atoms with Gasteiger partial charge in [-0.2, -0.15) is 0 Å². The number of aromatic hydroxyl groups is 1. The largest absolute Gasteiger partial charge is 0.501 e. The molecule has 1 aliphatic rings. The third-order valence-corrected chi connectivity index (χ3v) is 4.86. The molecule has 29 heavy (non-hydrogen) atoms. The van der Waals surface area contributed by atoms with Crippen molar-refractivity contribution in [1.82, 2.24) is 19.8 Å². The van der Waals surface area contributed by atoms with Crippen LogP contribution in [0.15, 0.2) is 29.1 Å². The zero-order valence-electron chi connectivity index (χ0n) is 15.9. The molecule has 0 saturated carbocycles. The van der Waals surface area contributed by atoms with Crippen molar-refractivity contribution in [3.8, 4) is 5.75 Å². The molecule has 1 saturated heterocycles. The number of aromatic nitrogens is 2. The third kappa shape index (κ3) is 4.11. The number of likely N-dealkylation sites (tertiary alicyclic amines) is 1. The summed E-state index contributed by atoms with van der Waals surface area (Å²) in [5, 5.41) is 22.6. The van der Waals surface area contributed by atoms with Crippen molar-refractivity contribution in [2.24, 2.45) is 7.05 Å². The number of halogens is 1. The zero-order chi connectivity index (χ0) is 21.3. The molecule has 2 amide bonds. The molecule has 10 heteroatoms. The van der Waals surface area contributed by atoms with Gasteiger partial charge in [-0.15, -0.1) is 0 Å². The smallest absolute Gasteiger partial charge is 0.296 e. The van der Waals surface area contributed by atoms with Crippen molar-refractivity contribution in [2.45, 2.75) is 32.0 Å². The van der Waals surface area contributed by atoms with E-state index >= 15 is 0 Å². The van der Waals surface area contributed by atoms with Gasteiger partial charge in [0.05, 0.1) is 12.1 Å². The predicted molar refractivity (Wildman–Crippen MR) is 99.5 cm³/mol. The van der Waals surface area contributed by atoms with Crippen LogP contribution in [0.3, 0.4) is 0 Å². The molecule has 1 aromatic carbocycles. The summed E-state index contributed by atoms with van der Waals surface area (Å²) < 4.78 is 14.0. The van der Waals surface area contributed by atoms with Gasteiger partial charge in [0.25, 0.3) is 11.5 Å². The number of rotatable bonds is 4. The molecule has 3 rings (SSSR count). The SMILES string of the molecule is CC(=O)N1C[C@H](O)CC1c1nc(C(=O)NCc2ccc(F)cc2)c(O)c(=O)n1C. The lowest BCUT2D eigenvalue weighted by atomic mass is 10.1. The molecule has 2 heterocycles. The Hall–Kier alpha value is -3.27. The van der Waals surface area contributed by atoms with Crippen LogP contribution in [0.25, 0.3) is 0 Å². The number of amides is 2. The second-order valence-corrected chi connectivity index (χ2v) is 6.92. The van der Waals surface area contributed by atoms with Gasteiger partial charge >= 0.3 is 0 Å². The highest BCUT2D eigenvalue weighted by molar-refractivity contribution is 5.94. The molecule has 0 spiro atoms. The highest BCUT2D eigenvalue weighted by Gasteiger charge is 2.37. The van der Waals surface area contributed by atoms with Gasteiger partial charge in [-0.05, 0) is 17.7 Å². The average Bonchev–Trinajstić information content (AvgIpc) is 3.07. The van der Waals surface area contributed by atoms with E-state index in [0.717, 1.165) is 4.57 Å². The van der Waals surface area contributed by atoms with Crippen LogP contribution in [0.4, 0.5) is 4.39 Å². The van der Waals surface area contributed by atoms with E-state index in [2.05, 4.69) is 10.3 Å². The quantitative estimate of drug-likeness (QED) is 0.669. The molecule has 0 radical (unpaired) electrons. The minimum absolute atomic E-state index is 0.0342. The summed E-state index contributed by atoms with van der Waals surface area (Å²) in [6.07, 6.45) is -0.633. The summed E-state index contributed by atoms with van der Waals surface area (Å²) in [4.78, 5) is 42.4. The van der Waals surface area contributed by atoms with Gasteiger partial charge in [0.2, 0.25) is 11.7 Å². The van der Waals surface area contributed by atoms with E-state index in [1.807, 2.05) is 0 Å². The fraction of sp³-hybridized carbons (Fsp3) is 0.368. The first kappa shape index (κ1) is 20.5. The second-order valence-electron chi connectivity index (χ2n) is 6.92. The van der Waals surface area contributed by atoms with E-state index < -0.39 is 40.9 Å². The number of hydrogen-bond donors (Lipinski definition) is 3. The molecular weight excluding hydrogens is 383 g/mol. The highest BCUT2D eigenvalue weighted by Crippen LogP contribution is 2.31. The Morgan fingerprint density at radius 2 is 1.97 bits per heavy atom. The number of hydrogen-bond acceptors (Lipinski definition) is 6. The van der Waals surface area contributed by atoms with Crippen molar-refractivity contribution in [3.63, 3.8) is 0 Å². The molecular formula is C19H21FN4O5. The third-order valence-electron chi connectivity index (χ3n) is 4.86. The normalized spacial score (nSPS) is 18.7. The molecule has 2 atom stereocenters. The van der Waals surface area contributed by atoms with Crippen LogP contribution in [0.2, 0.25) is 0 Å². The summed E-state index contributed by atoms with van der Waals surface area (Å²) in [6.45, 7) is 1.45. The number of aliphatic hydroxyl groups is 1. The standard InChI is InChI=1S/C19H21FN4O5/c1-10(25)24-9-13(26)7-14(24)17-22-15(16(27)19(29)23(17)2)18(28)21-8-11-3-5-12(20)6-4-11/h3-6,13-14,26-27H,7-9H2,1-2H3,(H,21,28)/t13-,14?/m1/s1. The summed E-state index contributed by atoms with van der Waals surface area (Å²) in [5.74, 6) is -2.24. The van der Waals surface area contributed by atoms with E-state index in [1.54, 1.807) is 0 Å². The summed E-state index contributed by atoms with van der Waals surface area (Å²) in [6, 6.07) is 4.76. The maximum atomic E-state index is 13.0. The molecule has 1 unspecified atom stereocenters. The Labute approximate surface area is 165 Å². The first-order valence-electron chi connectivity index (χ1n) is 8.96. The molecule has 1 aliphatic heterocycles. The molecule has 9 nitrogen and oxygen atoms in total. The Balaban J connectivity index is 1.91. The number of carbonyl (C=O) groups is 2. The number of benzene rings is 1. The summed E-state index contributed by atoms with van der Waals surface area (Å²) in [5.41, 5.74) is -0.702. The molecule has 2 aromatic rings. The number of aliphatic hydroxyl groups excluding tert-OH is 1. The molecule has 0 aliphatic carbocycles. The highest BCUT2D eigenvalue weighted by atomic mass is 19.1. The number of β-amino-alcohol motifs (C(OH)–C–C–N with tert-alkyl or cyclic N) is 1. The fourth-order valence-electron chi connectivity index (χ4n) is 3.34. The van der Waals surface area contributed by atoms with Gasteiger partial charge in [-0.25, -0.2) is 9.37 Å². The lowest BCUT2D eigenvalue weighted by Gasteiger charge is -2.24. The van der Waals surface area contributed by atoms with Crippen LogP contribution in [-0.2, 0) is 18.4 Å². The Kier molecular flexibility index (Phi) is 5.64. The van der Waals surface area contributed by atoms with Crippen LogP contribution in [0, 0.1) is 5.82 Å². The first-order valence-corrected chi connectivity index (χ1v) is 8.96. The van der Waals surface area contributed by atoms with Gasteiger partial charge in [-0.3, -0.25) is 19.0 Å². The van der Waals surface area contributed by atoms with E-state index in [4.69, 9.17) is 0 Å². The Bertz CT molecular complexity index is 1000. The first-order chi connectivity index (χ1) is 13.7. The van der Waals surface area contributed by atoms with E-state index in [-0.39, 0.29) is 31.2 Å². The summed E-state index contributed by atoms with van der Waals surface area (Å²) in [7, 11) is 1.37. The van der Waals surface area contributed by atoms with Gasteiger partial charge in [0.1, 0.15) is 11.6 Å². The van der Waals surface area contributed by atoms with Gasteiger partial charge < -0.3 is 20.4 Å². The molecule has 0 bridgehead atoms. The van der Waals surface area contributed by atoms with Crippen LogP contribution in [0.1, 0.15) is 41.3 Å². The Morgan fingerprint density at radius 3 is 2.59 bits per heavy atom. The topological polar surface area (TPSA) is 125 Å². The zero-order valence-corrected chi connectivity index (χ0v) is 15.9. The van der Waals surface area contributed by atoms with Crippen LogP contribution in [-0.4, -0.2) is 49.1 Å². The van der Waals surface area contributed by atoms with Crippen LogP contribution >= 0.6 is 0 Å². The minimum atomic E-state index is -0.841. The van der Waals surface area contributed by atoms with E-state index in [0.29, 0.717) is 5.56 Å². The molecule has 1 fully saturated rings. The van der Waals surface area contributed by atoms with Crippen molar-refractivity contribution < 1.29 is 24.2 Å². The van der Waals surface area contributed by atoms with Crippen molar-refractivity contribution in [2.75, 3.05) is 6.54 Å². The summed E-state index contributed by atoms with van der Waals surface area (Å²) >= 11 is 0. The van der Waals surface area contributed by atoms with Gasteiger partial charge in [0.15, 0.2) is 5.69 Å². The predicted octanol–water partition coefficient (Wildman–Crippen LogP) is 0.209. The van der Waals surface area contributed by atoms with Crippen molar-refractivity contribution in [3.05, 3.63) is 57.5 Å². The number of nitrogens with one attached hydrogen (secondary N) is 1. The van der Waals surface area contributed by atoms with Crippen molar-refractivity contribution in [1.29, 1.82) is 0 Å². The monoisotopic (exact) mass is 404 g/mol. The Morgan fingerprint density at radius 1 is 1.31 bits per heavy atom.